The summed E-state index contributed by atoms with van der Waals surface area (Å²) in [6, 6.07) is 13.8. The standard InChI is InChI=1S/C15H14NO3P/c1-12-3-7-14(8-4-12)18-20(17,11-16)19-15-9-5-13(2)6-10-15/h3-10H,1-2H3. The molecule has 4 nitrogen and oxygen atoms in total. The first-order chi connectivity index (χ1) is 9.50. The molecule has 0 fully saturated rings. The second kappa shape index (κ2) is 5.81. The quantitative estimate of drug-likeness (QED) is 0.780. The zero-order valence-corrected chi connectivity index (χ0v) is 12.1. The van der Waals surface area contributed by atoms with Gasteiger partial charge in [-0.25, -0.2) is 4.57 Å². The fourth-order valence-corrected chi connectivity index (χ4v) is 2.45. The summed E-state index contributed by atoms with van der Waals surface area (Å²) >= 11 is 0. The molecule has 2 aromatic rings. The van der Waals surface area contributed by atoms with E-state index in [-0.39, 0.29) is 0 Å². The maximum atomic E-state index is 12.3. The Morgan fingerprint density at radius 1 is 0.850 bits per heavy atom. The molecule has 2 rings (SSSR count). The molecule has 0 unspecified atom stereocenters. The van der Waals surface area contributed by atoms with Crippen molar-refractivity contribution < 1.29 is 13.6 Å². The molecule has 0 atom stereocenters. The SMILES string of the molecule is Cc1ccc(OP(=O)(C#N)Oc2ccc(C)cc2)cc1. The lowest BCUT2D eigenvalue weighted by molar-refractivity contribution is 0.399. The lowest BCUT2D eigenvalue weighted by Gasteiger charge is -2.13. The molecular weight excluding hydrogens is 273 g/mol. The van der Waals surface area contributed by atoms with Crippen LogP contribution in [0.25, 0.3) is 0 Å². The monoisotopic (exact) mass is 287 g/mol. The maximum Gasteiger partial charge on any atom is 0.535 e. The molecule has 2 aromatic carbocycles. The van der Waals surface area contributed by atoms with Crippen molar-refractivity contribution in [1.82, 2.24) is 0 Å². The fraction of sp³-hybridized carbons (Fsp3) is 0.133. The average molecular weight is 287 g/mol. The van der Waals surface area contributed by atoms with Gasteiger partial charge in [0, 0.05) is 0 Å². The van der Waals surface area contributed by atoms with E-state index in [1.165, 1.54) is 0 Å². The number of rotatable bonds is 4. The number of nitriles is 1. The van der Waals surface area contributed by atoms with E-state index in [1.807, 2.05) is 38.1 Å². The van der Waals surface area contributed by atoms with Crippen LogP contribution in [0.3, 0.4) is 0 Å². The van der Waals surface area contributed by atoms with Gasteiger partial charge in [-0.05, 0) is 38.1 Å². The summed E-state index contributed by atoms with van der Waals surface area (Å²) in [6.45, 7) is 3.85. The van der Waals surface area contributed by atoms with Gasteiger partial charge in [-0.3, -0.25) is 0 Å². The second-order valence-electron chi connectivity index (χ2n) is 4.41. The van der Waals surface area contributed by atoms with Gasteiger partial charge in [0.15, 0.2) is 0 Å². The largest absolute Gasteiger partial charge is 0.535 e. The van der Waals surface area contributed by atoms with Crippen molar-refractivity contribution in [3.63, 3.8) is 0 Å². The highest BCUT2D eigenvalue weighted by Crippen LogP contribution is 2.47. The Labute approximate surface area is 118 Å². The van der Waals surface area contributed by atoms with Crippen LogP contribution >= 0.6 is 7.60 Å². The van der Waals surface area contributed by atoms with Crippen LogP contribution in [0.5, 0.6) is 11.5 Å². The van der Waals surface area contributed by atoms with Crippen LogP contribution in [0.1, 0.15) is 11.1 Å². The van der Waals surface area contributed by atoms with E-state index < -0.39 is 7.60 Å². The molecule has 0 heterocycles. The minimum absolute atomic E-state index is 0.340. The third-order valence-corrected chi connectivity index (χ3v) is 3.76. The minimum atomic E-state index is -3.87. The summed E-state index contributed by atoms with van der Waals surface area (Å²) in [5.41, 5.74) is 2.09. The van der Waals surface area contributed by atoms with Crippen LogP contribution in [-0.4, -0.2) is 0 Å². The predicted molar refractivity (Wildman–Crippen MR) is 76.8 cm³/mol. The molecule has 20 heavy (non-hydrogen) atoms. The summed E-state index contributed by atoms with van der Waals surface area (Å²) in [7, 11) is -3.87. The van der Waals surface area contributed by atoms with Crippen molar-refractivity contribution in [2.24, 2.45) is 0 Å². The first-order valence-corrected chi connectivity index (χ1v) is 7.59. The van der Waals surface area contributed by atoms with Crippen LogP contribution in [0.2, 0.25) is 0 Å². The van der Waals surface area contributed by atoms with E-state index in [2.05, 4.69) is 0 Å². The number of benzene rings is 2. The third kappa shape index (κ3) is 3.63. The first-order valence-electron chi connectivity index (χ1n) is 6.05. The highest BCUT2D eigenvalue weighted by atomic mass is 31.2. The van der Waals surface area contributed by atoms with Crippen molar-refractivity contribution in [3.8, 4) is 17.3 Å². The van der Waals surface area contributed by atoms with E-state index in [0.717, 1.165) is 11.1 Å². The van der Waals surface area contributed by atoms with E-state index in [9.17, 15) is 4.57 Å². The Kier molecular flexibility index (Phi) is 4.12. The molecule has 0 radical (unpaired) electrons. The molecule has 0 bridgehead atoms. The lowest BCUT2D eigenvalue weighted by atomic mass is 10.2. The van der Waals surface area contributed by atoms with E-state index >= 15 is 0 Å². The Balaban J connectivity index is 2.17. The van der Waals surface area contributed by atoms with Crippen molar-refractivity contribution in [2.75, 3.05) is 0 Å². The van der Waals surface area contributed by atoms with Crippen molar-refractivity contribution >= 4 is 7.60 Å². The molecule has 0 saturated carbocycles. The summed E-state index contributed by atoms with van der Waals surface area (Å²) in [5, 5.41) is 9.05. The summed E-state index contributed by atoms with van der Waals surface area (Å²) < 4.78 is 22.7. The van der Waals surface area contributed by atoms with Crippen LogP contribution in [-0.2, 0) is 4.57 Å². The Hall–Kier alpha value is -2.24. The first kappa shape index (κ1) is 14.2. The molecule has 0 amide bonds. The molecular formula is C15H14NO3P. The molecule has 0 N–H and O–H groups in total. The maximum absolute atomic E-state index is 12.3. The smallest absolute Gasteiger partial charge is 0.406 e. The molecule has 0 aromatic heterocycles. The van der Waals surface area contributed by atoms with E-state index in [0.29, 0.717) is 11.5 Å². The number of nitrogens with zero attached hydrogens (tertiary/aromatic N) is 1. The zero-order valence-electron chi connectivity index (χ0n) is 11.2. The fourth-order valence-electron chi connectivity index (χ4n) is 1.54. The van der Waals surface area contributed by atoms with Crippen LogP contribution in [0.4, 0.5) is 0 Å². The predicted octanol–water partition coefficient (Wildman–Crippen LogP) is 4.44. The average Bonchev–Trinajstić information content (AvgIpc) is 2.44. The highest BCUT2D eigenvalue weighted by molar-refractivity contribution is 7.59. The van der Waals surface area contributed by atoms with Gasteiger partial charge in [-0.15, -0.1) is 0 Å². The third-order valence-electron chi connectivity index (χ3n) is 2.62. The molecule has 5 heteroatoms. The molecule has 0 saturated heterocycles. The van der Waals surface area contributed by atoms with Gasteiger partial charge in [-0.2, -0.15) is 5.26 Å². The molecule has 0 aliphatic carbocycles. The highest BCUT2D eigenvalue weighted by Gasteiger charge is 2.28. The topological polar surface area (TPSA) is 59.3 Å². The Morgan fingerprint density at radius 2 is 1.20 bits per heavy atom. The van der Waals surface area contributed by atoms with E-state index in [4.69, 9.17) is 14.3 Å². The van der Waals surface area contributed by atoms with Crippen LogP contribution in [0.15, 0.2) is 48.5 Å². The van der Waals surface area contributed by atoms with Gasteiger partial charge in [0.25, 0.3) is 0 Å². The summed E-state index contributed by atoms with van der Waals surface area (Å²) in [4.78, 5) is 0. The normalized spacial score (nSPS) is 10.7. The summed E-state index contributed by atoms with van der Waals surface area (Å²) in [5.74, 6) is 2.30. The van der Waals surface area contributed by atoms with Gasteiger partial charge in [-0.1, -0.05) is 35.4 Å². The van der Waals surface area contributed by atoms with Crippen LogP contribution < -0.4 is 9.05 Å². The zero-order chi connectivity index (χ0) is 14.6. The van der Waals surface area contributed by atoms with Crippen LogP contribution in [0, 0.1) is 24.9 Å². The number of aryl methyl sites for hydroxylation is 2. The van der Waals surface area contributed by atoms with Gasteiger partial charge in [0.1, 0.15) is 11.5 Å². The number of hydrogen-bond donors (Lipinski definition) is 0. The molecule has 0 aliphatic heterocycles. The minimum Gasteiger partial charge on any atom is -0.406 e. The number of hydrogen-bond acceptors (Lipinski definition) is 4. The van der Waals surface area contributed by atoms with E-state index in [1.54, 1.807) is 30.1 Å². The van der Waals surface area contributed by atoms with Gasteiger partial charge >= 0.3 is 7.60 Å². The van der Waals surface area contributed by atoms with Crippen molar-refractivity contribution in [3.05, 3.63) is 59.7 Å². The van der Waals surface area contributed by atoms with Crippen molar-refractivity contribution in [1.29, 1.82) is 5.26 Å². The van der Waals surface area contributed by atoms with Gasteiger partial charge < -0.3 is 9.05 Å². The summed E-state index contributed by atoms with van der Waals surface area (Å²) in [6.07, 6.45) is 0. The van der Waals surface area contributed by atoms with Crippen molar-refractivity contribution in [2.45, 2.75) is 13.8 Å². The Morgan fingerprint density at radius 3 is 1.50 bits per heavy atom. The molecule has 0 spiro atoms. The Bertz CT molecular complexity index is 620. The second-order valence-corrected chi connectivity index (χ2v) is 5.97. The van der Waals surface area contributed by atoms with Gasteiger partial charge in [0.2, 0.25) is 5.81 Å². The molecule has 0 aliphatic rings. The lowest BCUT2D eigenvalue weighted by Crippen LogP contribution is -1.98. The molecule has 102 valence electrons. The van der Waals surface area contributed by atoms with Gasteiger partial charge in [0.05, 0.1) is 0 Å².